The lowest BCUT2D eigenvalue weighted by atomic mass is 9.49. The molecule has 1 aromatic heterocycles. The minimum absolute atomic E-state index is 0.260. The molecule has 4 bridgehead atoms. The third kappa shape index (κ3) is 3.49. The predicted octanol–water partition coefficient (Wildman–Crippen LogP) is 4.11. The monoisotopic (exact) mass is 421 g/mol. The first-order valence-corrected chi connectivity index (χ1v) is 10.8. The Morgan fingerprint density at radius 2 is 1.76 bits per heavy atom. The summed E-state index contributed by atoms with van der Waals surface area (Å²) < 4.78 is 10.6. The summed E-state index contributed by atoms with van der Waals surface area (Å²) in [5.74, 6) is -0.137. The molecule has 0 aromatic carbocycles. The van der Waals surface area contributed by atoms with Crippen molar-refractivity contribution in [2.75, 3.05) is 13.2 Å². The second-order valence-electron chi connectivity index (χ2n) is 9.24. The summed E-state index contributed by atoms with van der Waals surface area (Å²) in [6.07, 6.45) is 5.40. The summed E-state index contributed by atoms with van der Waals surface area (Å²) in [6, 6.07) is 0. The van der Waals surface area contributed by atoms with Crippen LogP contribution in [-0.2, 0) is 14.3 Å². The molecule has 1 N–H and O–H groups in total. The molecule has 1 aromatic rings. The van der Waals surface area contributed by atoms with Crippen LogP contribution in [0.1, 0.15) is 77.6 Å². The van der Waals surface area contributed by atoms with Gasteiger partial charge in [0.1, 0.15) is 0 Å². The number of aromatic nitrogens is 1. The van der Waals surface area contributed by atoms with Crippen molar-refractivity contribution in [3.63, 3.8) is 0 Å². The van der Waals surface area contributed by atoms with Crippen molar-refractivity contribution in [2.45, 2.75) is 64.2 Å². The maximum Gasteiger partial charge on any atom is 0.340 e. The van der Waals surface area contributed by atoms with Crippen LogP contribution in [0.15, 0.2) is 0 Å². The molecule has 6 nitrogen and oxygen atoms in total. The van der Waals surface area contributed by atoms with Crippen molar-refractivity contribution in [1.82, 2.24) is 4.98 Å². The van der Waals surface area contributed by atoms with E-state index in [0.717, 1.165) is 32.1 Å². The van der Waals surface area contributed by atoms with Crippen molar-refractivity contribution in [2.24, 2.45) is 17.3 Å². The number of alkyl halides is 1. The Kier molecular flexibility index (Phi) is 5.04. The molecule has 1 heterocycles. The van der Waals surface area contributed by atoms with Gasteiger partial charge in [0.2, 0.25) is 5.78 Å². The van der Waals surface area contributed by atoms with E-state index in [-0.39, 0.29) is 35.5 Å². The van der Waals surface area contributed by atoms with Crippen LogP contribution < -0.4 is 0 Å². The largest absolute Gasteiger partial charge is 0.462 e. The summed E-state index contributed by atoms with van der Waals surface area (Å²) in [4.78, 5) is 40.5. The van der Waals surface area contributed by atoms with Crippen LogP contribution in [0, 0.1) is 31.1 Å². The van der Waals surface area contributed by atoms with Gasteiger partial charge in [-0.1, -0.05) is 0 Å². The van der Waals surface area contributed by atoms with Crippen LogP contribution in [0.4, 0.5) is 0 Å². The Morgan fingerprint density at radius 1 is 1.10 bits per heavy atom. The highest BCUT2D eigenvalue weighted by atomic mass is 35.5. The molecule has 4 aliphatic carbocycles. The molecule has 4 saturated carbocycles. The second kappa shape index (κ2) is 7.15. The number of ketones is 1. The Balaban J connectivity index is 1.45. The molecule has 29 heavy (non-hydrogen) atoms. The molecular formula is C22H28ClNO5. The number of aryl methyl sites for hydroxylation is 1. The lowest BCUT2D eigenvalue weighted by molar-refractivity contribution is -0.168. The molecule has 0 radical (unpaired) electrons. The lowest BCUT2D eigenvalue weighted by Crippen LogP contribution is -2.56. The van der Waals surface area contributed by atoms with E-state index in [1.807, 2.05) is 0 Å². The first kappa shape index (κ1) is 20.5. The molecule has 2 unspecified atom stereocenters. The summed E-state index contributed by atoms with van der Waals surface area (Å²) in [6.45, 7) is 5.07. The molecule has 0 aliphatic heterocycles. The maximum atomic E-state index is 13.0. The number of carbonyl (C=O) groups is 3. The van der Waals surface area contributed by atoms with Gasteiger partial charge in [-0.05, 0) is 76.7 Å². The number of H-pyrrole nitrogens is 1. The van der Waals surface area contributed by atoms with Crippen LogP contribution in [0.2, 0.25) is 0 Å². The van der Waals surface area contributed by atoms with E-state index in [2.05, 4.69) is 4.98 Å². The number of ether oxygens (including phenoxy) is 2. The van der Waals surface area contributed by atoms with Gasteiger partial charge in [0.05, 0.1) is 23.3 Å². The smallest absolute Gasteiger partial charge is 0.340 e. The van der Waals surface area contributed by atoms with Crippen molar-refractivity contribution in [3.8, 4) is 0 Å². The van der Waals surface area contributed by atoms with Crippen molar-refractivity contribution in [3.05, 3.63) is 22.5 Å². The highest BCUT2D eigenvalue weighted by Crippen LogP contribution is 2.64. The molecule has 0 spiro atoms. The van der Waals surface area contributed by atoms with Crippen LogP contribution >= 0.6 is 11.6 Å². The lowest BCUT2D eigenvalue weighted by Gasteiger charge is -2.58. The average molecular weight is 422 g/mol. The standard InChI is InChI=1S/C22H28ClNO5/c1-4-28-19(26)17-12(2)18(24-13(17)3)16(25)10-29-20(27)21-6-14-5-15(7-21)9-22(23,8-14)11-21/h14-15,24H,4-11H2,1-3H3/t14-,15+,21?,22?. The highest BCUT2D eigenvalue weighted by molar-refractivity contribution is 6.24. The van der Waals surface area contributed by atoms with E-state index < -0.39 is 11.4 Å². The molecule has 158 valence electrons. The van der Waals surface area contributed by atoms with Gasteiger partial charge >= 0.3 is 11.9 Å². The first-order valence-electron chi connectivity index (χ1n) is 10.4. The van der Waals surface area contributed by atoms with Gasteiger partial charge in [0, 0.05) is 10.6 Å². The number of esters is 2. The quantitative estimate of drug-likeness (QED) is 0.424. The minimum atomic E-state index is -0.539. The molecular weight excluding hydrogens is 394 g/mol. The van der Waals surface area contributed by atoms with Crippen LogP contribution in [0.5, 0.6) is 0 Å². The van der Waals surface area contributed by atoms with E-state index in [0.29, 0.717) is 35.1 Å². The number of nitrogens with one attached hydrogen (secondary N) is 1. The van der Waals surface area contributed by atoms with Crippen molar-refractivity contribution < 1.29 is 23.9 Å². The van der Waals surface area contributed by atoms with Crippen LogP contribution in [0.25, 0.3) is 0 Å². The van der Waals surface area contributed by atoms with Gasteiger partial charge < -0.3 is 14.5 Å². The maximum absolute atomic E-state index is 13.0. The zero-order chi connectivity index (χ0) is 21.0. The van der Waals surface area contributed by atoms with E-state index >= 15 is 0 Å². The Labute approximate surface area is 175 Å². The molecule has 4 aliphatic rings. The molecule has 4 atom stereocenters. The van der Waals surface area contributed by atoms with Crippen LogP contribution in [0.3, 0.4) is 0 Å². The van der Waals surface area contributed by atoms with Crippen molar-refractivity contribution in [1.29, 1.82) is 0 Å². The van der Waals surface area contributed by atoms with Gasteiger partial charge in [-0.3, -0.25) is 9.59 Å². The van der Waals surface area contributed by atoms with E-state index in [1.54, 1.807) is 20.8 Å². The van der Waals surface area contributed by atoms with Gasteiger partial charge in [-0.25, -0.2) is 4.79 Å². The van der Waals surface area contributed by atoms with Gasteiger partial charge in [0.15, 0.2) is 6.61 Å². The first-order chi connectivity index (χ1) is 13.7. The van der Waals surface area contributed by atoms with E-state index in [1.165, 1.54) is 0 Å². The number of Topliss-reactive ketones (excluding diaryl/α,β-unsaturated/α-hetero) is 1. The summed E-state index contributed by atoms with van der Waals surface area (Å²) in [7, 11) is 0. The van der Waals surface area contributed by atoms with Gasteiger partial charge in [-0.15, -0.1) is 11.6 Å². The summed E-state index contributed by atoms with van der Waals surface area (Å²) >= 11 is 6.80. The van der Waals surface area contributed by atoms with Gasteiger partial charge in [0.25, 0.3) is 0 Å². The van der Waals surface area contributed by atoms with Crippen LogP contribution in [-0.4, -0.2) is 40.8 Å². The second-order valence-corrected chi connectivity index (χ2v) is 10.0. The number of carbonyl (C=O) groups excluding carboxylic acids is 3. The minimum Gasteiger partial charge on any atom is -0.462 e. The number of hydrogen-bond donors (Lipinski definition) is 1. The SMILES string of the molecule is CCOC(=O)c1c(C)[nH]c(C(=O)COC(=O)C23C[C@@H]4C[C@@H](CC(Cl)(C4)C2)C3)c1C. The molecule has 0 saturated heterocycles. The zero-order valence-electron chi connectivity index (χ0n) is 17.2. The average Bonchev–Trinajstić information content (AvgIpc) is 2.92. The predicted molar refractivity (Wildman–Crippen MR) is 107 cm³/mol. The third-order valence-corrected chi connectivity index (χ3v) is 7.40. The molecule has 5 rings (SSSR count). The third-order valence-electron chi connectivity index (χ3n) is 6.95. The number of rotatable bonds is 6. The van der Waals surface area contributed by atoms with Crippen molar-refractivity contribution >= 4 is 29.3 Å². The topological polar surface area (TPSA) is 85.5 Å². The zero-order valence-corrected chi connectivity index (χ0v) is 18.0. The fourth-order valence-electron chi connectivity index (χ4n) is 6.28. The van der Waals surface area contributed by atoms with Gasteiger partial charge in [-0.2, -0.15) is 0 Å². The Bertz CT molecular complexity index is 859. The number of halogens is 1. The normalized spacial score (nSPS) is 32.3. The summed E-state index contributed by atoms with van der Waals surface area (Å²) in [5.41, 5.74) is 1.21. The van der Waals surface area contributed by atoms with E-state index in [4.69, 9.17) is 21.1 Å². The summed E-state index contributed by atoms with van der Waals surface area (Å²) in [5, 5.41) is 0. The number of aromatic amines is 1. The fraction of sp³-hybridized carbons (Fsp3) is 0.682. The van der Waals surface area contributed by atoms with E-state index in [9.17, 15) is 14.4 Å². The molecule has 4 fully saturated rings. The fourth-order valence-corrected chi connectivity index (χ4v) is 6.98. The molecule has 0 amide bonds. The molecule has 7 heteroatoms. The number of hydrogen-bond acceptors (Lipinski definition) is 5. The Hall–Kier alpha value is -1.82. The Morgan fingerprint density at radius 3 is 2.34 bits per heavy atom. The highest BCUT2D eigenvalue weighted by Gasteiger charge is 2.60.